The maximum atomic E-state index is 9.32. The van der Waals surface area contributed by atoms with Crippen molar-refractivity contribution in [1.82, 2.24) is 19.9 Å². The van der Waals surface area contributed by atoms with Gasteiger partial charge in [-0.2, -0.15) is 41.5 Å². The largest absolute Gasteiger partial charge is 0.319 e. The molecule has 1 aromatic carbocycles. The molecular weight excluding hydrogens is 384 g/mol. The van der Waals surface area contributed by atoms with E-state index in [-0.39, 0.29) is 67.3 Å². The molecule has 2 N–H and O–H groups in total. The highest BCUT2D eigenvalue weighted by atomic mass is 14.9. The average Bonchev–Trinajstić information content (AvgIpc) is 2.81. The van der Waals surface area contributed by atoms with Gasteiger partial charge in [0, 0.05) is 0 Å². The summed E-state index contributed by atoms with van der Waals surface area (Å²) in [4.78, 5) is 22.2. The quantitative estimate of drug-likeness (QED) is 0.355. The Morgan fingerprint density at radius 1 is 0.433 bits per heavy atom. The van der Waals surface area contributed by atoms with Gasteiger partial charge in [0.05, 0.1) is 0 Å². The van der Waals surface area contributed by atoms with E-state index >= 15 is 0 Å². The third-order valence-electron chi connectivity index (χ3n) is 4.14. The first kappa shape index (κ1) is 17.6. The number of hydrogen-bond acceptors (Lipinski definition) is 10. The fourth-order valence-electron chi connectivity index (χ4n) is 2.88. The molecule has 0 atom stereocenters. The Bertz CT molecular complexity index is 1350. The van der Waals surface area contributed by atoms with Gasteiger partial charge in [-0.1, -0.05) is 0 Å². The molecule has 0 radical (unpaired) electrons. The fourth-order valence-corrected chi connectivity index (χ4v) is 2.88. The van der Waals surface area contributed by atoms with Crippen LogP contribution >= 0.6 is 0 Å². The van der Waals surface area contributed by atoms with Gasteiger partial charge in [0.2, 0.25) is 16.9 Å². The lowest BCUT2D eigenvalue weighted by Gasteiger charge is -2.03. The molecular formula is C18H2N12+2. The van der Waals surface area contributed by atoms with Crippen LogP contribution in [0.15, 0.2) is 0 Å². The van der Waals surface area contributed by atoms with Gasteiger partial charge in [-0.15, -0.1) is 0 Å². The minimum atomic E-state index is -0.266. The zero-order chi connectivity index (χ0) is 21.4. The first-order chi connectivity index (χ1) is 14.6. The van der Waals surface area contributed by atoms with E-state index in [4.69, 9.17) is 0 Å². The number of benzene rings is 1. The van der Waals surface area contributed by atoms with Crippen LogP contribution in [0.1, 0.15) is 34.2 Å². The van der Waals surface area contributed by atoms with Crippen LogP contribution in [0.2, 0.25) is 0 Å². The van der Waals surface area contributed by atoms with Crippen molar-refractivity contribution >= 4 is 33.1 Å². The molecule has 12 nitrogen and oxygen atoms in total. The van der Waals surface area contributed by atoms with Crippen molar-refractivity contribution in [3.8, 4) is 36.4 Å². The SMILES string of the molecule is N#Cc1nc2c(nc1C#N)c1[nH+]c(C#N)c(C#N)nc1c1[nH+]c(C#N)c(C#N)nc21. The Morgan fingerprint density at radius 3 is 1.20 bits per heavy atom. The normalized spacial score (nSPS) is 9.80. The summed E-state index contributed by atoms with van der Waals surface area (Å²) in [6, 6.07) is 10.8. The summed E-state index contributed by atoms with van der Waals surface area (Å²) in [7, 11) is 0. The molecule has 0 aliphatic rings. The van der Waals surface area contributed by atoms with Crippen molar-refractivity contribution in [2.24, 2.45) is 0 Å². The zero-order valence-corrected chi connectivity index (χ0v) is 14.5. The van der Waals surface area contributed by atoms with Gasteiger partial charge in [-0.05, 0) is 0 Å². The van der Waals surface area contributed by atoms with Gasteiger partial charge < -0.3 is 0 Å². The molecule has 3 heterocycles. The lowest BCUT2D eigenvalue weighted by Crippen LogP contribution is -2.20. The van der Waals surface area contributed by atoms with E-state index in [0.29, 0.717) is 0 Å². The van der Waals surface area contributed by atoms with Gasteiger partial charge in [-0.25, -0.2) is 19.9 Å². The van der Waals surface area contributed by atoms with Crippen LogP contribution in [0.4, 0.5) is 0 Å². The number of fused-ring (bicyclic) bond motifs is 6. The summed E-state index contributed by atoms with van der Waals surface area (Å²) in [6.45, 7) is 0. The summed E-state index contributed by atoms with van der Waals surface area (Å²) in [5.41, 5.74) is -0.792. The number of nitrogens with zero attached hydrogens (tertiary/aromatic N) is 10. The number of aromatic nitrogens is 6. The highest BCUT2D eigenvalue weighted by Gasteiger charge is 2.29. The Labute approximate surface area is 165 Å². The molecule has 0 aliphatic carbocycles. The van der Waals surface area contributed by atoms with Gasteiger partial charge in [0.25, 0.3) is 11.0 Å². The van der Waals surface area contributed by atoms with E-state index in [9.17, 15) is 31.6 Å². The van der Waals surface area contributed by atoms with Crippen LogP contribution in [0.25, 0.3) is 33.1 Å². The minimum absolute atomic E-state index is 0.0388. The number of nitrogens with one attached hydrogen (secondary N) is 2. The number of aromatic amines is 2. The smallest absolute Gasteiger partial charge is 0.230 e. The third kappa shape index (κ3) is 2.27. The van der Waals surface area contributed by atoms with Crippen LogP contribution in [-0.2, 0) is 0 Å². The molecule has 30 heavy (non-hydrogen) atoms. The Morgan fingerprint density at radius 2 is 0.800 bits per heavy atom. The minimum Gasteiger partial charge on any atom is -0.230 e. The Balaban J connectivity index is 2.42. The summed E-state index contributed by atoms with van der Waals surface area (Å²) in [5.74, 6) is 0. The topological polar surface area (TPSA) is 223 Å². The predicted octanol–water partition coefficient (Wildman–Crippen LogP) is -0.416. The lowest BCUT2D eigenvalue weighted by atomic mass is 10.1. The second-order valence-electron chi connectivity index (χ2n) is 5.66. The molecule has 4 rings (SSSR count). The molecule has 0 saturated carbocycles. The molecule has 0 aliphatic heterocycles. The van der Waals surface area contributed by atoms with Crippen molar-refractivity contribution in [3.63, 3.8) is 0 Å². The fraction of sp³-hybridized carbons (Fsp3) is 0. The molecule has 0 spiro atoms. The molecule has 4 aromatic rings. The number of rotatable bonds is 0. The average molecular weight is 386 g/mol. The number of H-pyrrole nitrogens is 2. The van der Waals surface area contributed by atoms with Crippen molar-refractivity contribution in [1.29, 1.82) is 31.6 Å². The monoisotopic (exact) mass is 386 g/mol. The highest BCUT2D eigenvalue weighted by Crippen LogP contribution is 2.28. The van der Waals surface area contributed by atoms with E-state index < -0.39 is 0 Å². The van der Waals surface area contributed by atoms with Gasteiger partial charge >= 0.3 is 11.4 Å². The highest BCUT2D eigenvalue weighted by molar-refractivity contribution is 6.15. The maximum Gasteiger partial charge on any atom is 0.319 e. The predicted molar refractivity (Wildman–Crippen MR) is 91.5 cm³/mol. The van der Waals surface area contributed by atoms with Crippen molar-refractivity contribution in [2.75, 3.05) is 0 Å². The van der Waals surface area contributed by atoms with E-state index in [1.807, 2.05) is 12.1 Å². The third-order valence-corrected chi connectivity index (χ3v) is 4.14. The van der Waals surface area contributed by atoms with E-state index in [0.717, 1.165) is 0 Å². The number of nitriles is 6. The van der Waals surface area contributed by atoms with Gasteiger partial charge in [-0.3, -0.25) is 0 Å². The first-order valence-electron chi connectivity index (χ1n) is 7.88. The van der Waals surface area contributed by atoms with Gasteiger partial charge in [0.15, 0.2) is 34.6 Å². The Kier molecular flexibility index (Phi) is 3.76. The second-order valence-corrected chi connectivity index (χ2v) is 5.66. The van der Waals surface area contributed by atoms with Crippen molar-refractivity contribution in [3.05, 3.63) is 34.2 Å². The first-order valence-corrected chi connectivity index (χ1v) is 7.88. The van der Waals surface area contributed by atoms with Crippen LogP contribution in [0.3, 0.4) is 0 Å². The van der Waals surface area contributed by atoms with Crippen LogP contribution < -0.4 is 9.97 Å². The standard InChI is InChI=1S/C18N12/c19-1-7-8(2-20)26-14-13(25-7)15-17(29-10(4-22)9(3-21)27-15)18-16(14)28-11(5-23)12(6-24)30-18/p+2. The summed E-state index contributed by atoms with van der Waals surface area (Å²) in [6.07, 6.45) is 0. The molecule has 0 unspecified atom stereocenters. The Hall–Kier alpha value is -5.82. The molecule has 3 aromatic heterocycles. The molecule has 12 heteroatoms. The van der Waals surface area contributed by atoms with Gasteiger partial charge in [0.1, 0.15) is 29.8 Å². The van der Waals surface area contributed by atoms with Crippen LogP contribution in [0.5, 0.6) is 0 Å². The van der Waals surface area contributed by atoms with Crippen LogP contribution in [-0.4, -0.2) is 19.9 Å². The number of hydrogen-bond donors (Lipinski definition) is 0. The summed E-state index contributed by atoms with van der Waals surface area (Å²) < 4.78 is 0. The summed E-state index contributed by atoms with van der Waals surface area (Å²) >= 11 is 0. The molecule has 0 bridgehead atoms. The second kappa shape index (κ2) is 6.41. The van der Waals surface area contributed by atoms with E-state index in [1.54, 1.807) is 24.3 Å². The zero-order valence-electron chi connectivity index (χ0n) is 14.5. The van der Waals surface area contributed by atoms with Crippen molar-refractivity contribution < 1.29 is 9.97 Å². The molecule has 0 fully saturated rings. The lowest BCUT2D eigenvalue weighted by molar-refractivity contribution is -0.353. The van der Waals surface area contributed by atoms with E-state index in [1.165, 1.54) is 0 Å². The maximum absolute atomic E-state index is 9.32. The molecule has 132 valence electrons. The van der Waals surface area contributed by atoms with Crippen molar-refractivity contribution in [2.45, 2.75) is 0 Å². The molecule has 0 amide bonds. The molecule has 0 saturated heterocycles. The van der Waals surface area contributed by atoms with E-state index in [2.05, 4.69) is 29.9 Å². The summed E-state index contributed by atoms with van der Waals surface area (Å²) in [5, 5.41) is 55.9. The van der Waals surface area contributed by atoms with Crippen LogP contribution in [0, 0.1) is 68.0 Å².